The summed E-state index contributed by atoms with van der Waals surface area (Å²) in [4.78, 5) is 27.7. The van der Waals surface area contributed by atoms with Crippen LogP contribution in [0, 0.1) is 0 Å². The van der Waals surface area contributed by atoms with Gasteiger partial charge in [0.2, 0.25) is 11.8 Å². The zero-order chi connectivity index (χ0) is 19.8. The number of aryl methyl sites for hydroxylation is 2. The summed E-state index contributed by atoms with van der Waals surface area (Å²) < 4.78 is 10.8. The minimum atomic E-state index is -1.07. The van der Waals surface area contributed by atoms with E-state index in [1.165, 1.54) is 12.1 Å². The molecule has 8 heteroatoms. The summed E-state index contributed by atoms with van der Waals surface area (Å²) in [6, 6.07) is 4.39. The van der Waals surface area contributed by atoms with E-state index in [1.54, 1.807) is 6.07 Å². The van der Waals surface area contributed by atoms with Gasteiger partial charge in [0.05, 0.1) is 17.4 Å². The summed E-state index contributed by atoms with van der Waals surface area (Å²) in [5.74, 6) is 0.325. The van der Waals surface area contributed by atoms with Crippen molar-refractivity contribution in [3.8, 4) is 5.75 Å². The Morgan fingerprint density at radius 1 is 1.30 bits per heavy atom. The van der Waals surface area contributed by atoms with Crippen LogP contribution in [0.1, 0.15) is 62.1 Å². The van der Waals surface area contributed by atoms with Crippen LogP contribution in [0.3, 0.4) is 0 Å². The minimum Gasteiger partial charge on any atom is -0.489 e. The summed E-state index contributed by atoms with van der Waals surface area (Å²) >= 11 is 0. The second-order valence-corrected chi connectivity index (χ2v) is 6.44. The van der Waals surface area contributed by atoms with Gasteiger partial charge in [-0.1, -0.05) is 12.1 Å². The number of carboxylic acid groups (broad SMARTS) is 1. The van der Waals surface area contributed by atoms with Gasteiger partial charge in [-0.3, -0.25) is 4.79 Å². The first kappa shape index (κ1) is 20.4. The Hall–Kier alpha value is -2.90. The van der Waals surface area contributed by atoms with E-state index in [2.05, 4.69) is 15.5 Å². The third-order valence-electron chi connectivity index (χ3n) is 3.64. The number of nitrogens with zero attached hydrogens (tertiary/aromatic N) is 2. The minimum absolute atomic E-state index is 0.0794. The maximum atomic E-state index is 12.2. The Kier molecular flexibility index (Phi) is 7.34. The highest BCUT2D eigenvalue weighted by Gasteiger charge is 2.14. The topological polar surface area (TPSA) is 115 Å². The SMILES string of the molecule is CCCc1noc(CCCC(=O)Nc2cc(C(=O)O)ccc2OC(C)C)n1. The zero-order valence-electron chi connectivity index (χ0n) is 15.8. The average molecular weight is 375 g/mol. The maximum Gasteiger partial charge on any atom is 0.335 e. The molecule has 0 bridgehead atoms. The Bertz CT molecular complexity index is 785. The molecular weight excluding hydrogens is 350 g/mol. The Balaban J connectivity index is 1.94. The first-order valence-corrected chi connectivity index (χ1v) is 9.04. The number of rotatable bonds is 10. The molecule has 0 spiro atoms. The van der Waals surface area contributed by atoms with Gasteiger partial charge in [0.1, 0.15) is 5.75 Å². The van der Waals surface area contributed by atoms with Crippen LogP contribution in [-0.4, -0.2) is 33.2 Å². The van der Waals surface area contributed by atoms with Gasteiger partial charge in [-0.2, -0.15) is 4.98 Å². The maximum absolute atomic E-state index is 12.2. The first-order chi connectivity index (χ1) is 12.9. The van der Waals surface area contributed by atoms with Crippen molar-refractivity contribution in [3.05, 3.63) is 35.5 Å². The van der Waals surface area contributed by atoms with Crippen LogP contribution in [0.2, 0.25) is 0 Å². The standard InChI is InChI=1S/C19H25N3O5/c1-4-6-16-21-18(27-22-16)8-5-7-17(23)20-14-11-13(19(24)25)9-10-15(14)26-12(2)3/h9-12H,4-8H2,1-3H3,(H,20,23)(H,24,25). The van der Waals surface area contributed by atoms with Crippen molar-refractivity contribution < 1.29 is 24.0 Å². The average Bonchev–Trinajstić information content (AvgIpc) is 3.03. The van der Waals surface area contributed by atoms with Crippen molar-refractivity contribution in [2.24, 2.45) is 0 Å². The van der Waals surface area contributed by atoms with E-state index in [0.29, 0.717) is 36.0 Å². The molecule has 2 N–H and O–H groups in total. The number of nitrogens with one attached hydrogen (secondary N) is 1. The predicted octanol–water partition coefficient (Wildman–Crippen LogP) is 3.47. The van der Waals surface area contributed by atoms with Crippen molar-refractivity contribution in [3.63, 3.8) is 0 Å². The summed E-state index contributed by atoms with van der Waals surface area (Å²) in [6.45, 7) is 5.75. The monoisotopic (exact) mass is 375 g/mol. The highest BCUT2D eigenvalue weighted by molar-refractivity contribution is 5.95. The second kappa shape index (κ2) is 9.70. The highest BCUT2D eigenvalue weighted by Crippen LogP contribution is 2.27. The van der Waals surface area contributed by atoms with Gasteiger partial charge in [-0.05, 0) is 44.9 Å². The quantitative estimate of drug-likeness (QED) is 0.653. The van der Waals surface area contributed by atoms with Crippen molar-refractivity contribution in [1.82, 2.24) is 10.1 Å². The Morgan fingerprint density at radius 2 is 2.07 bits per heavy atom. The number of anilines is 1. The zero-order valence-corrected chi connectivity index (χ0v) is 15.8. The third kappa shape index (κ3) is 6.40. The van der Waals surface area contributed by atoms with Crippen LogP contribution in [0.5, 0.6) is 5.75 Å². The molecule has 27 heavy (non-hydrogen) atoms. The molecule has 0 saturated carbocycles. The van der Waals surface area contributed by atoms with Crippen LogP contribution >= 0.6 is 0 Å². The van der Waals surface area contributed by atoms with Crippen molar-refractivity contribution >= 4 is 17.6 Å². The fourth-order valence-electron chi connectivity index (χ4n) is 2.45. The number of ether oxygens (including phenoxy) is 1. The molecule has 2 rings (SSSR count). The van der Waals surface area contributed by atoms with E-state index in [-0.39, 0.29) is 24.0 Å². The summed E-state index contributed by atoms with van der Waals surface area (Å²) in [5.41, 5.74) is 0.423. The van der Waals surface area contributed by atoms with E-state index in [1.807, 2.05) is 20.8 Å². The smallest absolute Gasteiger partial charge is 0.335 e. The second-order valence-electron chi connectivity index (χ2n) is 6.44. The Labute approximate surface area is 157 Å². The van der Waals surface area contributed by atoms with E-state index in [0.717, 1.165) is 12.8 Å². The lowest BCUT2D eigenvalue weighted by Gasteiger charge is -2.15. The van der Waals surface area contributed by atoms with Crippen LogP contribution in [0.4, 0.5) is 5.69 Å². The largest absolute Gasteiger partial charge is 0.489 e. The van der Waals surface area contributed by atoms with Crippen LogP contribution in [0.15, 0.2) is 22.7 Å². The molecule has 0 aliphatic carbocycles. The summed E-state index contributed by atoms with van der Waals surface area (Å²) in [7, 11) is 0. The molecule has 0 aliphatic heterocycles. The predicted molar refractivity (Wildman–Crippen MR) is 99.0 cm³/mol. The van der Waals surface area contributed by atoms with Gasteiger partial charge in [0, 0.05) is 19.3 Å². The van der Waals surface area contributed by atoms with Crippen LogP contribution in [0.25, 0.3) is 0 Å². The molecule has 0 fully saturated rings. The lowest BCUT2D eigenvalue weighted by atomic mass is 10.1. The summed E-state index contributed by atoms with van der Waals surface area (Å²) in [6.07, 6.45) is 2.89. The lowest BCUT2D eigenvalue weighted by Crippen LogP contribution is -2.15. The molecule has 0 unspecified atom stereocenters. The number of hydrogen-bond acceptors (Lipinski definition) is 6. The Morgan fingerprint density at radius 3 is 2.74 bits per heavy atom. The van der Waals surface area contributed by atoms with Gasteiger partial charge in [-0.25, -0.2) is 4.79 Å². The molecule has 0 saturated heterocycles. The van der Waals surface area contributed by atoms with Crippen LogP contribution < -0.4 is 10.1 Å². The molecule has 0 aliphatic rings. The van der Waals surface area contributed by atoms with Gasteiger partial charge in [-0.15, -0.1) is 0 Å². The molecule has 1 amide bonds. The lowest BCUT2D eigenvalue weighted by molar-refractivity contribution is -0.116. The van der Waals surface area contributed by atoms with Crippen LogP contribution in [-0.2, 0) is 17.6 Å². The molecule has 1 aromatic heterocycles. The number of benzene rings is 1. The number of carbonyl (C=O) groups excluding carboxylic acids is 1. The third-order valence-corrected chi connectivity index (χ3v) is 3.64. The van der Waals surface area contributed by atoms with Gasteiger partial charge < -0.3 is 19.7 Å². The van der Waals surface area contributed by atoms with E-state index < -0.39 is 5.97 Å². The fourth-order valence-corrected chi connectivity index (χ4v) is 2.45. The van der Waals surface area contributed by atoms with Gasteiger partial charge in [0.15, 0.2) is 5.82 Å². The van der Waals surface area contributed by atoms with Crippen molar-refractivity contribution in [1.29, 1.82) is 0 Å². The molecule has 1 aromatic carbocycles. The number of amides is 1. The number of hydrogen-bond donors (Lipinski definition) is 2. The molecule has 2 aromatic rings. The number of carbonyl (C=O) groups is 2. The molecular formula is C19H25N3O5. The van der Waals surface area contributed by atoms with Crippen molar-refractivity contribution in [2.75, 3.05) is 5.32 Å². The molecule has 146 valence electrons. The fraction of sp³-hybridized carbons (Fsp3) is 0.474. The first-order valence-electron chi connectivity index (χ1n) is 9.04. The molecule has 1 heterocycles. The molecule has 8 nitrogen and oxygen atoms in total. The van der Waals surface area contributed by atoms with E-state index >= 15 is 0 Å². The number of aromatic carboxylic acids is 1. The van der Waals surface area contributed by atoms with Crippen molar-refractivity contribution in [2.45, 2.75) is 59.0 Å². The molecule has 0 atom stereocenters. The highest BCUT2D eigenvalue weighted by atomic mass is 16.5. The summed E-state index contributed by atoms with van der Waals surface area (Å²) in [5, 5.41) is 15.8. The van der Waals surface area contributed by atoms with E-state index in [9.17, 15) is 9.59 Å². The van der Waals surface area contributed by atoms with E-state index in [4.69, 9.17) is 14.4 Å². The number of carboxylic acids is 1. The van der Waals surface area contributed by atoms with Gasteiger partial charge in [0.25, 0.3) is 0 Å². The molecule has 0 radical (unpaired) electrons. The number of aromatic nitrogens is 2. The normalized spacial score (nSPS) is 10.8. The van der Waals surface area contributed by atoms with Gasteiger partial charge >= 0.3 is 5.97 Å².